The van der Waals surface area contributed by atoms with E-state index in [0.717, 1.165) is 13.1 Å². The van der Waals surface area contributed by atoms with Crippen molar-refractivity contribution in [2.45, 2.75) is 12.5 Å². The van der Waals surface area contributed by atoms with Crippen molar-refractivity contribution in [3.05, 3.63) is 22.8 Å². The third kappa shape index (κ3) is 3.00. The van der Waals surface area contributed by atoms with Gasteiger partial charge in [0.2, 0.25) is 10.0 Å². The summed E-state index contributed by atoms with van der Waals surface area (Å²) in [6, 6.07) is -0.382. The molecule has 1 fully saturated rings. The summed E-state index contributed by atoms with van der Waals surface area (Å²) in [4.78, 5) is 2.50. The molecule has 2 rings (SSSR count). The van der Waals surface area contributed by atoms with E-state index in [4.69, 9.17) is 10.5 Å². The molecule has 0 aromatic rings. The standard InChI is InChI=1S/C12H21N3O3S/c1-14-5-7-15(8-6-14)19(16,17)10-3-4-12(18-2)11(13)9-10/h3-4,11H,5-9,13H2,1-2H3. The molecule has 0 bridgehead atoms. The first-order valence-corrected chi connectivity index (χ1v) is 7.78. The van der Waals surface area contributed by atoms with Crippen molar-refractivity contribution < 1.29 is 13.2 Å². The number of hydrogen-bond acceptors (Lipinski definition) is 5. The van der Waals surface area contributed by atoms with Crippen molar-refractivity contribution in [1.29, 1.82) is 0 Å². The van der Waals surface area contributed by atoms with Crippen LogP contribution in [-0.4, -0.2) is 64.0 Å². The largest absolute Gasteiger partial charge is 0.499 e. The van der Waals surface area contributed by atoms with E-state index in [1.165, 1.54) is 4.31 Å². The van der Waals surface area contributed by atoms with Crippen LogP contribution in [0.25, 0.3) is 0 Å². The van der Waals surface area contributed by atoms with Gasteiger partial charge in [0.25, 0.3) is 0 Å². The number of allylic oxidation sites excluding steroid dienone is 2. The highest BCUT2D eigenvalue weighted by Crippen LogP contribution is 2.25. The van der Waals surface area contributed by atoms with E-state index in [2.05, 4.69) is 4.90 Å². The van der Waals surface area contributed by atoms with Crippen LogP contribution in [0.4, 0.5) is 0 Å². The molecule has 1 aliphatic heterocycles. The second-order valence-electron chi connectivity index (χ2n) is 4.92. The van der Waals surface area contributed by atoms with Gasteiger partial charge in [-0.15, -0.1) is 0 Å². The number of likely N-dealkylation sites (N-methyl/N-ethyl adjacent to an activating group) is 1. The van der Waals surface area contributed by atoms with E-state index >= 15 is 0 Å². The topological polar surface area (TPSA) is 75.9 Å². The molecule has 0 radical (unpaired) electrons. The number of nitrogens with two attached hydrogens (primary N) is 1. The zero-order valence-electron chi connectivity index (χ0n) is 11.4. The van der Waals surface area contributed by atoms with Gasteiger partial charge in [0, 0.05) is 32.6 Å². The molecule has 1 saturated heterocycles. The van der Waals surface area contributed by atoms with Crippen molar-refractivity contribution in [2.75, 3.05) is 40.3 Å². The van der Waals surface area contributed by atoms with Gasteiger partial charge in [-0.1, -0.05) is 0 Å². The van der Waals surface area contributed by atoms with Gasteiger partial charge >= 0.3 is 0 Å². The third-order valence-electron chi connectivity index (χ3n) is 3.59. The normalized spacial score (nSPS) is 26.8. The average molecular weight is 287 g/mol. The predicted molar refractivity (Wildman–Crippen MR) is 73.8 cm³/mol. The van der Waals surface area contributed by atoms with Gasteiger partial charge < -0.3 is 15.4 Å². The van der Waals surface area contributed by atoms with Gasteiger partial charge in [-0.25, -0.2) is 8.42 Å². The minimum atomic E-state index is -3.39. The van der Waals surface area contributed by atoms with Crippen LogP contribution in [0, 0.1) is 0 Å². The fraction of sp³-hybridized carbons (Fsp3) is 0.667. The Morgan fingerprint density at radius 1 is 1.26 bits per heavy atom. The molecule has 1 atom stereocenters. The lowest BCUT2D eigenvalue weighted by Crippen LogP contribution is -2.47. The molecular weight excluding hydrogens is 266 g/mol. The molecule has 1 heterocycles. The maximum absolute atomic E-state index is 12.5. The third-order valence-corrected chi connectivity index (χ3v) is 5.60. The van der Waals surface area contributed by atoms with Crippen LogP contribution in [0.3, 0.4) is 0 Å². The molecule has 1 unspecified atom stereocenters. The van der Waals surface area contributed by atoms with Crippen LogP contribution >= 0.6 is 0 Å². The maximum Gasteiger partial charge on any atom is 0.239 e. The SMILES string of the molecule is COC1=CC=C(S(=O)(=O)N2CCN(C)CC2)CC1N. The molecule has 0 aromatic heterocycles. The zero-order chi connectivity index (χ0) is 14.0. The Morgan fingerprint density at radius 2 is 1.89 bits per heavy atom. The summed E-state index contributed by atoms with van der Waals surface area (Å²) >= 11 is 0. The van der Waals surface area contributed by atoms with Crippen molar-refractivity contribution in [1.82, 2.24) is 9.21 Å². The Balaban J connectivity index is 2.17. The Kier molecular flexibility index (Phi) is 4.29. The van der Waals surface area contributed by atoms with E-state index < -0.39 is 10.0 Å². The Morgan fingerprint density at radius 3 is 2.42 bits per heavy atom. The highest BCUT2D eigenvalue weighted by Gasteiger charge is 2.32. The smallest absolute Gasteiger partial charge is 0.239 e. The van der Waals surface area contributed by atoms with Crippen molar-refractivity contribution in [2.24, 2.45) is 5.73 Å². The van der Waals surface area contributed by atoms with Gasteiger partial charge in [0.15, 0.2) is 0 Å². The van der Waals surface area contributed by atoms with E-state index in [9.17, 15) is 8.42 Å². The summed E-state index contributed by atoms with van der Waals surface area (Å²) in [5, 5.41) is 0. The molecule has 0 amide bonds. The molecule has 0 saturated carbocycles. The first kappa shape index (κ1) is 14.5. The highest BCUT2D eigenvalue weighted by molar-refractivity contribution is 7.93. The molecule has 6 nitrogen and oxygen atoms in total. The quantitative estimate of drug-likeness (QED) is 0.772. The van der Waals surface area contributed by atoms with Crippen LogP contribution in [0.5, 0.6) is 0 Å². The first-order chi connectivity index (χ1) is 8.95. The second kappa shape index (κ2) is 5.62. The Bertz CT molecular complexity index is 490. The van der Waals surface area contributed by atoms with E-state index in [1.54, 1.807) is 19.3 Å². The molecule has 7 heteroatoms. The van der Waals surface area contributed by atoms with E-state index in [0.29, 0.717) is 30.2 Å². The summed E-state index contributed by atoms with van der Waals surface area (Å²) in [7, 11) is 0.149. The number of sulfonamides is 1. The molecule has 0 aromatic carbocycles. The lowest BCUT2D eigenvalue weighted by Gasteiger charge is -2.33. The van der Waals surface area contributed by atoms with Crippen molar-refractivity contribution >= 4 is 10.0 Å². The lowest BCUT2D eigenvalue weighted by atomic mass is 10.1. The van der Waals surface area contributed by atoms with Crippen LogP contribution in [0.15, 0.2) is 22.8 Å². The van der Waals surface area contributed by atoms with Crippen LogP contribution in [0.1, 0.15) is 6.42 Å². The number of nitrogens with zero attached hydrogens (tertiary/aromatic N) is 2. The van der Waals surface area contributed by atoms with Gasteiger partial charge in [0.05, 0.1) is 18.1 Å². The minimum Gasteiger partial charge on any atom is -0.499 e. The van der Waals surface area contributed by atoms with Gasteiger partial charge in [-0.05, 0) is 19.2 Å². The van der Waals surface area contributed by atoms with Crippen molar-refractivity contribution in [3.8, 4) is 0 Å². The Labute approximate surface area is 114 Å². The van der Waals surface area contributed by atoms with Crippen LogP contribution in [-0.2, 0) is 14.8 Å². The minimum absolute atomic E-state index is 0.300. The molecule has 108 valence electrons. The average Bonchev–Trinajstić information content (AvgIpc) is 2.39. The van der Waals surface area contributed by atoms with E-state index in [1.807, 2.05) is 7.05 Å². The summed E-state index contributed by atoms with van der Waals surface area (Å²) in [5.74, 6) is 0.623. The monoisotopic (exact) mass is 287 g/mol. The van der Waals surface area contributed by atoms with Gasteiger partial charge in [0.1, 0.15) is 5.76 Å². The van der Waals surface area contributed by atoms with Crippen LogP contribution < -0.4 is 5.73 Å². The Hall–Kier alpha value is -0.890. The zero-order valence-corrected chi connectivity index (χ0v) is 12.2. The molecule has 19 heavy (non-hydrogen) atoms. The highest BCUT2D eigenvalue weighted by atomic mass is 32.2. The summed E-state index contributed by atoms with van der Waals surface area (Å²) in [6.45, 7) is 2.59. The number of hydrogen-bond donors (Lipinski definition) is 1. The number of methoxy groups -OCH3 is 1. The van der Waals surface area contributed by atoms with Crippen LogP contribution in [0.2, 0.25) is 0 Å². The van der Waals surface area contributed by atoms with Gasteiger partial charge in [-0.3, -0.25) is 0 Å². The second-order valence-corrected chi connectivity index (χ2v) is 6.92. The molecule has 0 spiro atoms. The lowest BCUT2D eigenvalue weighted by molar-refractivity contribution is 0.223. The van der Waals surface area contributed by atoms with Crippen molar-refractivity contribution in [3.63, 3.8) is 0 Å². The molecule has 2 aliphatic rings. The predicted octanol–water partition coefficient (Wildman–Crippen LogP) is -0.291. The van der Waals surface area contributed by atoms with E-state index in [-0.39, 0.29) is 6.04 Å². The molecule has 1 aliphatic carbocycles. The van der Waals surface area contributed by atoms with Gasteiger partial charge in [-0.2, -0.15) is 4.31 Å². The maximum atomic E-state index is 12.5. The summed E-state index contributed by atoms with van der Waals surface area (Å²) in [5.41, 5.74) is 5.90. The number of piperazine rings is 1. The number of rotatable bonds is 3. The molecular formula is C12H21N3O3S. The summed E-state index contributed by atoms with van der Waals surface area (Å²) < 4.78 is 31.6. The fourth-order valence-electron chi connectivity index (χ4n) is 2.29. The molecule has 2 N–H and O–H groups in total. The number of ether oxygens (including phenoxy) is 1. The summed E-state index contributed by atoms with van der Waals surface area (Å²) in [6.07, 6.45) is 3.56. The fourth-order valence-corrected chi connectivity index (χ4v) is 3.89. The first-order valence-electron chi connectivity index (χ1n) is 6.34.